The molecule has 2 atom stereocenters. The van der Waals surface area contributed by atoms with Crippen LogP contribution in [-0.4, -0.2) is 41.9 Å². The van der Waals surface area contributed by atoms with E-state index < -0.39 is 29.4 Å². The number of imide groups is 1. The van der Waals surface area contributed by atoms with Gasteiger partial charge in [-0.25, -0.2) is 9.18 Å². The number of ether oxygens (including phenoxy) is 1. The van der Waals surface area contributed by atoms with Gasteiger partial charge in [0.05, 0.1) is 0 Å². The summed E-state index contributed by atoms with van der Waals surface area (Å²) in [6.07, 6.45) is 0.553. The van der Waals surface area contributed by atoms with Gasteiger partial charge in [0.15, 0.2) is 11.6 Å². The van der Waals surface area contributed by atoms with Crippen LogP contribution in [0.15, 0.2) is 78.9 Å². The van der Waals surface area contributed by atoms with Crippen molar-refractivity contribution in [1.82, 2.24) is 15.5 Å². The standard InChI is InChI=1S/C30H28FN3O4/c31-22-11-12-24-23(17-22)30(28(36)32-29(37)33-30)18-25(38-24)27(35)34-15-13-21(14-16-34)26(19-7-3-1-4-8-19)20-9-5-2-6-10-20/h1-12,17,21,25-26H,13-16,18H2,(H2,32,33,36,37)/t25-,30-/m0/s1. The Morgan fingerprint density at radius 2 is 1.58 bits per heavy atom. The topological polar surface area (TPSA) is 87.7 Å². The lowest BCUT2D eigenvalue weighted by Gasteiger charge is -2.41. The van der Waals surface area contributed by atoms with Crippen LogP contribution in [0, 0.1) is 11.7 Å². The number of amides is 4. The van der Waals surface area contributed by atoms with Crippen LogP contribution in [-0.2, 0) is 15.1 Å². The van der Waals surface area contributed by atoms with E-state index in [0.29, 0.717) is 19.0 Å². The van der Waals surface area contributed by atoms with Gasteiger partial charge < -0.3 is 15.0 Å². The lowest BCUT2D eigenvalue weighted by atomic mass is 9.76. The Morgan fingerprint density at radius 3 is 2.16 bits per heavy atom. The molecule has 0 saturated carbocycles. The normalized spacial score (nSPS) is 23.1. The molecule has 8 heteroatoms. The van der Waals surface area contributed by atoms with Gasteiger partial charge in [0, 0.05) is 31.0 Å². The zero-order chi connectivity index (χ0) is 26.3. The smallest absolute Gasteiger partial charge is 0.322 e. The van der Waals surface area contributed by atoms with Crippen molar-refractivity contribution in [2.75, 3.05) is 13.1 Å². The second-order valence-corrected chi connectivity index (χ2v) is 10.2. The largest absolute Gasteiger partial charge is 0.480 e. The molecule has 6 rings (SSSR count). The molecule has 0 aliphatic carbocycles. The average molecular weight is 514 g/mol. The summed E-state index contributed by atoms with van der Waals surface area (Å²) in [5, 5.41) is 4.87. The van der Waals surface area contributed by atoms with E-state index in [1.165, 1.54) is 29.3 Å². The number of fused-ring (bicyclic) bond motifs is 2. The first-order chi connectivity index (χ1) is 18.4. The Hall–Kier alpha value is -4.20. The first-order valence-electron chi connectivity index (χ1n) is 12.9. The number of nitrogens with one attached hydrogen (secondary N) is 2. The average Bonchev–Trinajstić information content (AvgIpc) is 3.22. The highest BCUT2D eigenvalue weighted by atomic mass is 19.1. The first-order valence-corrected chi connectivity index (χ1v) is 12.9. The molecule has 0 aromatic heterocycles. The number of piperidine rings is 1. The first kappa shape index (κ1) is 24.2. The van der Waals surface area contributed by atoms with Gasteiger partial charge in [-0.2, -0.15) is 0 Å². The summed E-state index contributed by atoms with van der Waals surface area (Å²) < 4.78 is 20.1. The van der Waals surface area contributed by atoms with Gasteiger partial charge in [-0.1, -0.05) is 60.7 Å². The number of nitrogens with zero attached hydrogens (tertiary/aromatic N) is 1. The van der Waals surface area contributed by atoms with Gasteiger partial charge >= 0.3 is 6.03 Å². The number of urea groups is 1. The van der Waals surface area contributed by atoms with Crippen molar-refractivity contribution in [1.29, 1.82) is 0 Å². The fourth-order valence-corrected chi connectivity index (χ4v) is 6.20. The summed E-state index contributed by atoms with van der Waals surface area (Å²) in [5.41, 5.74) is 1.19. The molecule has 2 saturated heterocycles. The van der Waals surface area contributed by atoms with Crippen molar-refractivity contribution in [3.63, 3.8) is 0 Å². The number of hydrogen-bond donors (Lipinski definition) is 2. The third-order valence-corrected chi connectivity index (χ3v) is 8.02. The minimum atomic E-state index is -1.54. The molecular weight excluding hydrogens is 485 g/mol. The maximum Gasteiger partial charge on any atom is 0.322 e. The highest BCUT2D eigenvalue weighted by Gasteiger charge is 2.55. The molecule has 2 fully saturated rings. The van der Waals surface area contributed by atoms with Gasteiger partial charge in [-0.15, -0.1) is 0 Å². The van der Waals surface area contributed by atoms with E-state index in [0.717, 1.165) is 12.8 Å². The van der Waals surface area contributed by atoms with E-state index in [-0.39, 0.29) is 29.6 Å². The van der Waals surface area contributed by atoms with E-state index in [4.69, 9.17) is 4.74 Å². The van der Waals surface area contributed by atoms with Crippen molar-refractivity contribution in [3.8, 4) is 5.75 Å². The quantitative estimate of drug-likeness (QED) is 0.515. The fourth-order valence-electron chi connectivity index (χ4n) is 6.20. The third-order valence-electron chi connectivity index (χ3n) is 8.02. The zero-order valence-corrected chi connectivity index (χ0v) is 20.7. The number of carbonyl (C=O) groups excluding carboxylic acids is 3. The Morgan fingerprint density at radius 1 is 0.947 bits per heavy atom. The number of benzene rings is 3. The molecular formula is C30H28FN3O4. The minimum absolute atomic E-state index is 0.101. The van der Waals surface area contributed by atoms with Crippen LogP contribution in [0.2, 0.25) is 0 Å². The van der Waals surface area contributed by atoms with Crippen molar-refractivity contribution >= 4 is 17.8 Å². The van der Waals surface area contributed by atoms with Crippen LogP contribution in [0.1, 0.15) is 41.9 Å². The second kappa shape index (κ2) is 9.59. The zero-order valence-electron chi connectivity index (χ0n) is 20.7. The predicted octanol–water partition coefficient (Wildman–Crippen LogP) is 4.08. The van der Waals surface area contributed by atoms with Crippen LogP contribution in [0.25, 0.3) is 0 Å². The van der Waals surface area contributed by atoms with Crippen molar-refractivity contribution in [2.24, 2.45) is 5.92 Å². The van der Waals surface area contributed by atoms with E-state index in [9.17, 15) is 18.8 Å². The summed E-state index contributed by atoms with van der Waals surface area (Å²) in [6.45, 7) is 1.11. The molecule has 0 bridgehead atoms. The van der Waals surface area contributed by atoms with Gasteiger partial charge in [-0.3, -0.25) is 14.9 Å². The molecule has 3 aromatic rings. The van der Waals surface area contributed by atoms with Crippen LogP contribution in [0.3, 0.4) is 0 Å². The lowest BCUT2D eigenvalue weighted by molar-refractivity contribution is -0.143. The highest BCUT2D eigenvalue weighted by molar-refractivity contribution is 6.08. The molecule has 194 valence electrons. The SMILES string of the molecule is O=C1NC(=O)[C@@]2(C[C@@H](C(=O)N3CCC(C(c4ccccc4)c4ccccc4)CC3)Oc3ccc(F)cc32)N1. The number of hydrogen-bond acceptors (Lipinski definition) is 4. The molecule has 3 aromatic carbocycles. The highest BCUT2D eigenvalue weighted by Crippen LogP contribution is 2.43. The summed E-state index contributed by atoms with van der Waals surface area (Å²) in [7, 11) is 0. The van der Waals surface area contributed by atoms with E-state index in [2.05, 4.69) is 59.2 Å². The molecule has 3 heterocycles. The fraction of sp³-hybridized carbons (Fsp3) is 0.300. The maximum atomic E-state index is 14.1. The summed E-state index contributed by atoms with van der Waals surface area (Å²) >= 11 is 0. The van der Waals surface area contributed by atoms with Crippen molar-refractivity contribution < 1.29 is 23.5 Å². The molecule has 7 nitrogen and oxygen atoms in total. The molecule has 4 amide bonds. The molecule has 1 spiro atoms. The van der Waals surface area contributed by atoms with Gasteiger partial charge in [-0.05, 0) is 48.1 Å². The van der Waals surface area contributed by atoms with Crippen molar-refractivity contribution in [3.05, 3.63) is 101 Å². The third kappa shape index (κ3) is 4.20. The van der Waals surface area contributed by atoms with Gasteiger partial charge in [0.25, 0.3) is 11.8 Å². The number of halogens is 1. The van der Waals surface area contributed by atoms with Gasteiger partial charge in [0.1, 0.15) is 11.6 Å². The molecule has 3 aliphatic rings. The molecule has 38 heavy (non-hydrogen) atoms. The number of carbonyl (C=O) groups is 3. The summed E-state index contributed by atoms with van der Waals surface area (Å²) in [4.78, 5) is 40.4. The van der Waals surface area contributed by atoms with Crippen LogP contribution in [0.4, 0.5) is 9.18 Å². The molecule has 3 aliphatic heterocycles. The summed E-state index contributed by atoms with van der Waals surface area (Å²) in [6, 6.07) is 24.0. The Bertz CT molecular complexity index is 1340. The molecule has 0 unspecified atom stereocenters. The van der Waals surface area contributed by atoms with Gasteiger partial charge in [0.2, 0.25) is 0 Å². The minimum Gasteiger partial charge on any atom is -0.480 e. The second-order valence-electron chi connectivity index (χ2n) is 10.2. The van der Waals surface area contributed by atoms with E-state index in [1.807, 2.05) is 12.1 Å². The maximum absolute atomic E-state index is 14.1. The van der Waals surface area contributed by atoms with E-state index in [1.54, 1.807) is 4.90 Å². The summed E-state index contributed by atoms with van der Waals surface area (Å²) in [5.74, 6) is -0.602. The molecule has 0 radical (unpaired) electrons. The van der Waals surface area contributed by atoms with Crippen molar-refractivity contribution in [2.45, 2.75) is 36.8 Å². The Kier molecular flexibility index (Phi) is 6.10. The van der Waals surface area contributed by atoms with Crippen LogP contribution >= 0.6 is 0 Å². The molecule has 2 N–H and O–H groups in total. The monoisotopic (exact) mass is 513 g/mol. The predicted molar refractivity (Wildman–Crippen MR) is 138 cm³/mol. The van der Waals surface area contributed by atoms with E-state index >= 15 is 0 Å². The van der Waals surface area contributed by atoms with Crippen LogP contribution < -0.4 is 15.4 Å². The van der Waals surface area contributed by atoms with Crippen LogP contribution in [0.5, 0.6) is 5.75 Å². The Labute approximate surface area is 220 Å². The number of rotatable bonds is 4. The number of likely N-dealkylation sites (tertiary alicyclic amines) is 1. The Balaban J connectivity index is 1.21. The lowest BCUT2D eigenvalue weighted by Crippen LogP contribution is -2.55.